The van der Waals surface area contributed by atoms with Crippen LogP contribution in [0.15, 0.2) is 55.1 Å². The number of alkyl carbamates (subject to hydrolysis) is 1. The Morgan fingerprint density at radius 3 is 2.39 bits per heavy atom. The lowest BCUT2D eigenvalue weighted by atomic mass is 10.0. The fourth-order valence-corrected chi connectivity index (χ4v) is 3.72. The van der Waals surface area contributed by atoms with E-state index in [0.29, 0.717) is 16.3 Å². The number of carbonyl (C=O) groups is 3. The van der Waals surface area contributed by atoms with Gasteiger partial charge in [-0.15, -0.1) is 6.58 Å². The number of hydrogen-bond donors (Lipinski definition) is 4. The molecule has 0 radical (unpaired) electrons. The number of para-hydroxylation sites is 2. The van der Waals surface area contributed by atoms with Gasteiger partial charge in [0.1, 0.15) is 23.4 Å². The van der Waals surface area contributed by atoms with Crippen molar-refractivity contribution in [2.45, 2.75) is 45.4 Å². The number of carbonyl (C=O) groups excluding carboxylic acids is 3. The Bertz CT molecular complexity index is 1090. The number of anilines is 1. The molecule has 2 rings (SSSR count). The SMILES string of the molecule is C=CCN(C(=O)C(CO)NC(=O)OC(C)(C)C)C(C(=O)Nc1c(C)cccc1Cl)c1ccccc1O. The zero-order chi connectivity index (χ0) is 27.0. The van der Waals surface area contributed by atoms with Gasteiger partial charge in [0.2, 0.25) is 5.91 Å². The molecule has 0 saturated carbocycles. The van der Waals surface area contributed by atoms with Gasteiger partial charge in [0.25, 0.3) is 5.91 Å². The van der Waals surface area contributed by atoms with Crippen molar-refractivity contribution < 1.29 is 29.3 Å². The van der Waals surface area contributed by atoms with Crippen molar-refractivity contribution in [3.05, 3.63) is 71.3 Å². The van der Waals surface area contributed by atoms with Crippen LogP contribution in [-0.2, 0) is 14.3 Å². The first-order valence-electron chi connectivity index (χ1n) is 11.2. The smallest absolute Gasteiger partial charge is 0.408 e. The second-order valence-corrected chi connectivity index (χ2v) is 9.45. The molecule has 2 aromatic rings. The zero-order valence-electron chi connectivity index (χ0n) is 20.7. The van der Waals surface area contributed by atoms with Gasteiger partial charge in [0.05, 0.1) is 17.3 Å². The summed E-state index contributed by atoms with van der Waals surface area (Å²) in [6.07, 6.45) is 0.476. The third-order valence-electron chi connectivity index (χ3n) is 5.04. The van der Waals surface area contributed by atoms with Gasteiger partial charge in [-0.05, 0) is 45.4 Å². The van der Waals surface area contributed by atoms with Crippen LogP contribution < -0.4 is 10.6 Å². The Kier molecular flexibility index (Phi) is 9.89. The molecule has 0 heterocycles. The van der Waals surface area contributed by atoms with Crippen molar-refractivity contribution in [3.63, 3.8) is 0 Å². The molecule has 4 N–H and O–H groups in total. The van der Waals surface area contributed by atoms with Crippen molar-refractivity contribution in [1.82, 2.24) is 10.2 Å². The number of ether oxygens (including phenoxy) is 1. The first kappa shape index (κ1) is 28.7. The van der Waals surface area contributed by atoms with Crippen LogP contribution in [0.25, 0.3) is 0 Å². The van der Waals surface area contributed by atoms with E-state index < -0.39 is 42.2 Å². The summed E-state index contributed by atoms with van der Waals surface area (Å²) in [7, 11) is 0. The average Bonchev–Trinajstić information content (AvgIpc) is 2.79. The van der Waals surface area contributed by atoms with Gasteiger partial charge in [-0.2, -0.15) is 0 Å². The summed E-state index contributed by atoms with van der Waals surface area (Å²) in [4.78, 5) is 40.6. The largest absolute Gasteiger partial charge is 0.508 e. The summed E-state index contributed by atoms with van der Waals surface area (Å²) in [6.45, 7) is 9.49. The van der Waals surface area contributed by atoms with Crippen LogP contribution in [0, 0.1) is 6.92 Å². The Morgan fingerprint density at radius 1 is 1.17 bits per heavy atom. The standard InChI is InChI=1S/C26H32ClN3O6/c1-6-14-30(24(34)19(15-31)28-25(35)36-26(3,4)5)22(17-11-7-8-13-20(17)32)23(33)29-21-16(2)10-9-12-18(21)27/h6-13,19,22,31-32H,1,14-15H2,2-5H3,(H,28,35)(H,29,33). The van der Waals surface area contributed by atoms with Gasteiger partial charge in [0.15, 0.2) is 0 Å². The van der Waals surface area contributed by atoms with Gasteiger partial charge in [-0.1, -0.05) is 48.0 Å². The number of rotatable bonds is 9. The molecule has 0 bridgehead atoms. The fourth-order valence-electron chi connectivity index (χ4n) is 3.45. The summed E-state index contributed by atoms with van der Waals surface area (Å²) >= 11 is 6.29. The number of phenolic OH excluding ortho intramolecular Hbond substituents is 1. The molecule has 0 spiro atoms. The minimum atomic E-state index is -1.43. The normalized spacial score (nSPS) is 12.7. The van der Waals surface area contributed by atoms with Gasteiger partial charge < -0.3 is 30.5 Å². The van der Waals surface area contributed by atoms with Crippen molar-refractivity contribution in [2.75, 3.05) is 18.5 Å². The van der Waals surface area contributed by atoms with Crippen LogP contribution in [0.3, 0.4) is 0 Å². The lowest BCUT2D eigenvalue weighted by molar-refractivity contribution is -0.141. The number of benzene rings is 2. The topological polar surface area (TPSA) is 128 Å². The molecule has 3 amide bonds. The fraction of sp³-hybridized carbons (Fsp3) is 0.346. The predicted octanol–water partition coefficient (Wildman–Crippen LogP) is 3.93. The molecule has 0 saturated heterocycles. The number of nitrogens with zero attached hydrogens (tertiary/aromatic N) is 1. The molecule has 10 heteroatoms. The minimum absolute atomic E-state index is 0.129. The monoisotopic (exact) mass is 517 g/mol. The van der Waals surface area contributed by atoms with Crippen molar-refractivity contribution in [3.8, 4) is 5.75 Å². The molecule has 0 aromatic heterocycles. The highest BCUT2D eigenvalue weighted by molar-refractivity contribution is 6.34. The highest BCUT2D eigenvalue weighted by Crippen LogP contribution is 2.32. The number of hydrogen-bond acceptors (Lipinski definition) is 6. The molecule has 9 nitrogen and oxygen atoms in total. The maximum Gasteiger partial charge on any atom is 0.408 e. The zero-order valence-corrected chi connectivity index (χ0v) is 21.5. The van der Waals surface area contributed by atoms with Crippen LogP contribution in [-0.4, -0.2) is 57.8 Å². The maximum absolute atomic E-state index is 13.6. The number of nitrogens with one attached hydrogen (secondary N) is 2. The summed E-state index contributed by atoms with van der Waals surface area (Å²) in [5.41, 5.74) is 0.331. The Morgan fingerprint density at radius 2 is 1.83 bits per heavy atom. The molecular weight excluding hydrogens is 486 g/mol. The second-order valence-electron chi connectivity index (χ2n) is 9.04. The third-order valence-corrected chi connectivity index (χ3v) is 5.36. The lowest BCUT2D eigenvalue weighted by Gasteiger charge is -2.33. The molecular formula is C26H32ClN3O6. The number of phenols is 1. The summed E-state index contributed by atoms with van der Waals surface area (Å²) in [6, 6.07) is 8.38. The van der Waals surface area contributed by atoms with Crippen LogP contribution in [0.2, 0.25) is 5.02 Å². The van der Waals surface area contributed by atoms with Gasteiger partial charge in [-0.25, -0.2) is 4.79 Å². The molecule has 36 heavy (non-hydrogen) atoms. The number of aliphatic hydroxyl groups excluding tert-OH is 1. The van der Waals surface area contributed by atoms with E-state index in [1.165, 1.54) is 18.2 Å². The number of aromatic hydroxyl groups is 1. The van der Waals surface area contributed by atoms with E-state index in [-0.39, 0.29) is 17.9 Å². The molecule has 2 atom stereocenters. The average molecular weight is 518 g/mol. The molecule has 2 unspecified atom stereocenters. The van der Waals surface area contributed by atoms with E-state index in [4.69, 9.17) is 16.3 Å². The second kappa shape index (κ2) is 12.4. The van der Waals surface area contributed by atoms with E-state index in [1.807, 2.05) is 0 Å². The number of aryl methyl sites for hydroxylation is 1. The minimum Gasteiger partial charge on any atom is -0.508 e. The first-order valence-corrected chi connectivity index (χ1v) is 11.6. The van der Waals surface area contributed by atoms with Gasteiger partial charge in [0, 0.05) is 12.1 Å². The van der Waals surface area contributed by atoms with Crippen LogP contribution in [0.5, 0.6) is 5.75 Å². The third kappa shape index (κ3) is 7.47. The van der Waals surface area contributed by atoms with E-state index in [0.717, 1.165) is 4.90 Å². The van der Waals surface area contributed by atoms with E-state index in [1.54, 1.807) is 58.0 Å². The van der Waals surface area contributed by atoms with Crippen LogP contribution in [0.4, 0.5) is 10.5 Å². The van der Waals surface area contributed by atoms with Gasteiger partial charge >= 0.3 is 6.09 Å². The molecule has 0 fully saturated rings. The lowest BCUT2D eigenvalue weighted by Crippen LogP contribution is -2.53. The summed E-state index contributed by atoms with van der Waals surface area (Å²) < 4.78 is 5.19. The summed E-state index contributed by atoms with van der Waals surface area (Å²) in [5, 5.41) is 25.8. The molecule has 194 valence electrons. The van der Waals surface area contributed by atoms with E-state index >= 15 is 0 Å². The van der Waals surface area contributed by atoms with Crippen molar-refractivity contribution in [2.24, 2.45) is 0 Å². The van der Waals surface area contributed by atoms with Crippen LogP contribution in [0.1, 0.15) is 37.9 Å². The molecule has 0 aliphatic rings. The molecule has 0 aliphatic carbocycles. The number of amides is 3. The number of halogens is 1. The van der Waals surface area contributed by atoms with Crippen molar-refractivity contribution in [1.29, 1.82) is 0 Å². The first-order chi connectivity index (χ1) is 16.9. The highest BCUT2D eigenvalue weighted by atomic mass is 35.5. The molecule has 0 aliphatic heterocycles. The van der Waals surface area contributed by atoms with E-state index in [2.05, 4.69) is 17.2 Å². The Hall–Kier alpha value is -3.56. The van der Waals surface area contributed by atoms with Crippen molar-refractivity contribution >= 4 is 35.2 Å². The maximum atomic E-state index is 13.6. The Balaban J connectivity index is 2.50. The summed E-state index contributed by atoms with van der Waals surface area (Å²) in [5.74, 6) is -1.68. The Labute approximate surface area is 215 Å². The van der Waals surface area contributed by atoms with Gasteiger partial charge in [-0.3, -0.25) is 9.59 Å². The van der Waals surface area contributed by atoms with E-state index in [9.17, 15) is 24.6 Å². The number of aliphatic hydroxyl groups is 1. The predicted molar refractivity (Wildman–Crippen MR) is 138 cm³/mol. The highest BCUT2D eigenvalue weighted by Gasteiger charge is 2.37. The van der Waals surface area contributed by atoms with Crippen LogP contribution >= 0.6 is 11.6 Å². The quantitative estimate of drug-likeness (QED) is 0.373. The molecule has 2 aromatic carbocycles.